The third-order valence-corrected chi connectivity index (χ3v) is 4.00. The first-order chi connectivity index (χ1) is 11.8. The lowest BCUT2D eigenvalue weighted by molar-refractivity contribution is 0.330. The molecular weight excluding hydrogens is 429 g/mol. The van der Waals surface area contributed by atoms with Crippen LogP contribution in [0.3, 0.4) is 0 Å². The second-order valence-corrected chi connectivity index (χ2v) is 5.80. The van der Waals surface area contributed by atoms with Crippen LogP contribution in [-0.4, -0.2) is 32.3 Å². The molecule has 2 rings (SSSR count). The van der Waals surface area contributed by atoms with Gasteiger partial charge in [-0.3, -0.25) is 0 Å². The maximum absolute atomic E-state index is 5.54. The summed E-state index contributed by atoms with van der Waals surface area (Å²) < 4.78 is 10.8. The first-order valence-corrected chi connectivity index (χ1v) is 8.54. The zero-order valence-electron chi connectivity index (χ0n) is 15.0. The molecule has 2 N–H and O–H groups in total. The summed E-state index contributed by atoms with van der Waals surface area (Å²) >= 11 is 0. The third kappa shape index (κ3) is 7.02. The standard InChI is InChI=1S/C19H27N3O2.HI/c1-4-12-24-18-13-15(10-11-17(18)23-3)14-21-19(20-5-2)22-16-8-6-7-9-16;/h1,10-11,13,16H,5-9,12,14H2,2-3H3,(H2,20,21,22);1H. The molecule has 0 radical (unpaired) electrons. The molecule has 1 aromatic rings. The zero-order valence-corrected chi connectivity index (χ0v) is 17.3. The number of nitrogens with one attached hydrogen (secondary N) is 2. The highest BCUT2D eigenvalue weighted by molar-refractivity contribution is 14.0. The Bertz CT molecular complexity index is 593. The maximum Gasteiger partial charge on any atom is 0.191 e. The molecule has 0 aromatic heterocycles. The summed E-state index contributed by atoms with van der Waals surface area (Å²) in [6.07, 6.45) is 10.3. The number of terminal acetylenes is 1. The fourth-order valence-electron chi connectivity index (χ4n) is 2.81. The molecule has 0 bridgehead atoms. The smallest absolute Gasteiger partial charge is 0.191 e. The number of hydrogen-bond acceptors (Lipinski definition) is 3. The molecule has 5 nitrogen and oxygen atoms in total. The predicted octanol–water partition coefficient (Wildman–Crippen LogP) is 3.32. The van der Waals surface area contributed by atoms with Gasteiger partial charge in [0.2, 0.25) is 0 Å². The van der Waals surface area contributed by atoms with Gasteiger partial charge >= 0.3 is 0 Å². The molecule has 138 valence electrons. The first kappa shape index (κ1) is 21.4. The van der Waals surface area contributed by atoms with Crippen LogP contribution < -0.4 is 20.1 Å². The van der Waals surface area contributed by atoms with E-state index >= 15 is 0 Å². The van der Waals surface area contributed by atoms with Gasteiger partial charge in [-0.1, -0.05) is 24.8 Å². The highest BCUT2D eigenvalue weighted by Crippen LogP contribution is 2.28. The maximum atomic E-state index is 5.54. The first-order valence-electron chi connectivity index (χ1n) is 8.54. The molecule has 0 saturated heterocycles. The van der Waals surface area contributed by atoms with Crippen molar-refractivity contribution >= 4 is 29.9 Å². The van der Waals surface area contributed by atoms with Crippen LogP contribution in [0.15, 0.2) is 23.2 Å². The number of halogens is 1. The van der Waals surface area contributed by atoms with Gasteiger partial charge in [0.05, 0.1) is 13.7 Å². The molecule has 25 heavy (non-hydrogen) atoms. The SMILES string of the molecule is C#CCOc1cc(CN=C(NCC)NC2CCCC2)ccc1OC.I. The van der Waals surface area contributed by atoms with E-state index in [2.05, 4.69) is 28.5 Å². The van der Waals surface area contributed by atoms with E-state index in [1.54, 1.807) is 7.11 Å². The van der Waals surface area contributed by atoms with Crippen LogP contribution in [-0.2, 0) is 6.54 Å². The Kier molecular flexibility index (Phi) is 10.2. The highest BCUT2D eigenvalue weighted by Gasteiger charge is 2.15. The molecule has 1 saturated carbocycles. The Labute approximate surface area is 168 Å². The second-order valence-electron chi connectivity index (χ2n) is 5.80. The molecule has 0 amide bonds. The summed E-state index contributed by atoms with van der Waals surface area (Å²) in [4.78, 5) is 4.68. The quantitative estimate of drug-likeness (QED) is 0.286. The molecule has 1 aromatic carbocycles. The van der Waals surface area contributed by atoms with Gasteiger partial charge in [-0.05, 0) is 37.5 Å². The largest absolute Gasteiger partial charge is 0.493 e. The Hall–Kier alpha value is -1.62. The molecule has 1 aliphatic carbocycles. The second kappa shape index (κ2) is 11.9. The van der Waals surface area contributed by atoms with Crippen LogP contribution in [0, 0.1) is 12.3 Å². The summed E-state index contributed by atoms with van der Waals surface area (Å²) in [6, 6.07) is 6.34. The Morgan fingerprint density at radius 3 is 2.72 bits per heavy atom. The van der Waals surface area contributed by atoms with E-state index < -0.39 is 0 Å². The topological polar surface area (TPSA) is 54.9 Å². The molecule has 1 aliphatic rings. The lowest BCUT2D eigenvalue weighted by Crippen LogP contribution is -2.42. The van der Waals surface area contributed by atoms with E-state index in [0.29, 0.717) is 24.1 Å². The van der Waals surface area contributed by atoms with Crippen molar-refractivity contribution in [3.8, 4) is 23.8 Å². The Morgan fingerprint density at radius 2 is 2.08 bits per heavy atom. The Morgan fingerprint density at radius 1 is 1.32 bits per heavy atom. The van der Waals surface area contributed by atoms with E-state index in [1.165, 1.54) is 25.7 Å². The van der Waals surface area contributed by atoms with Crippen molar-refractivity contribution < 1.29 is 9.47 Å². The molecule has 0 spiro atoms. The summed E-state index contributed by atoms with van der Waals surface area (Å²) in [5.74, 6) is 4.66. The summed E-state index contributed by atoms with van der Waals surface area (Å²) in [7, 11) is 1.62. The van der Waals surface area contributed by atoms with Crippen LogP contribution in [0.5, 0.6) is 11.5 Å². The van der Waals surface area contributed by atoms with Crippen molar-refractivity contribution in [3.63, 3.8) is 0 Å². The molecule has 6 heteroatoms. The molecule has 0 heterocycles. The number of methoxy groups -OCH3 is 1. The van der Waals surface area contributed by atoms with Crippen LogP contribution in [0.2, 0.25) is 0 Å². The minimum Gasteiger partial charge on any atom is -0.493 e. The van der Waals surface area contributed by atoms with Gasteiger partial charge in [0.15, 0.2) is 17.5 Å². The molecular formula is C19H28IN3O2. The van der Waals surface area contributed by atoms with Gasteiger partial charge < -0.3 is 20.1 Å². The average Bonchev–Trinajstić information content (AvgIpc) is 3.11. The number of hydrogen-bond donors (Lipinski definition) is 2. The van der Waals surface area contributed by atoms with Crippen LogP contribution in [0.1, 0.15) is 38.2 Å². The van der Waals surface area contributed by atoms with Gasteiger partial charge in [-0.2, -0.15) is 0 Å². The number of guanidine groups is 1. The van der Waals surface area contributed by atoms with E-state index in [-0.39, 0.29) is 30.6 Å². The average molecular weight is 457 g/mol. The summed E-state index contributed by atoms with van der Waals surface area (Å²) in [5.41, 5.74) is 1.05. The van der Waals surface area contributed by atoms with Gasteiger partial charge in [-0.25, -0.2) is 4.99 Å². The molecule has 0 aliphatic heterocycles. The highest BCUT2D eigenvalue weighted by atomic mass is 127. The van der Waals surface area contributed by atoms with E-state index in [1.807, 2.05) is 18.2 Å². The fraction of sp³-hybridized carbons (Fsp3) is 0.526. The van der Waals surface area contributed by atoms with Crippen molar-refractivity contribution in [1.82, 2.24) is 10.6 Å². The van der Waals surface area contributed by atoms with E-state index in [9.17, 15) is 0 Å². The van der Waals surface area contributed by atoms with Gasteiger partial charge in [0, 0.05) is 12.6 Å². The van der Waals surface area contributed by atoms with Crippen molar-refractivity contribution in [3.05, 3.63) is 23.8 Å². The summed E-state index contributed by atoms with van der Waals surface area (Å²) in [6.45, 7) is 3.70. The van der Waals surface area contributed by atoms with Crippen LogP contribution in [0.25, 0.3) is 0 Å². The number of rotatable bonds is 7. The van der Waals surface area contributed by atoms with Crippen molar-refractivity contribution in [1.29, 1.82) is 0 Å². The molecule has 0 atom stereocenters. The van der Waals surface area contributed by atoms with Crippen molar-refractivity contribution in [2.45, 2.75) is 45.2 Å². The molecule has 1 fully saturated rings. The summed E-state index contributed by atoms with van der Waals surface area (Å²) in [5, 5.41) is 6.82. The van der Waals surface area contributed by atoms with E-state index in [4.69, 9.17) is 15.9 Å². The molecule has 0 unspecified atom stereocenters. The van der Waals surface area contributed by atoms with Gasteiger partial charge in [0.25, 0.3) is 0 Å². The van der Waals surface area contributed by atoms with Crippen molar-refractivity contribution in [2.75, 3.05) is 20.3 Å². The third-order valence-electron chi connectivity index (χ3n) is 4.00. The zero-order chi connectivity index (χ0) is 17.2. The number of aliphatic imine (C=N–C) groups is 1. The minimum absolute atomic E-state index is 0. The monoisotopic (exact) mass is 457 g/mol. The number of benzene rings is 1. The Balaban J connectivity index is 0.00000312. The van der Waals surface area contributed by atoms with Gasteiger partial charge in [0.1, 0.15) is 6.61 Å². The number of ether oxygens (including phenoxy) is 2. The van der Waals surface area contributed by atoms with Crippen molar-refractivity contribution in [2.24, 2.45) is 4.99 Å². The number of nitrogens with zero attached hydrogens (tertiary/aromatic N) is 1. The van der Waals surface area contributed by atoms with Crippen LogP contribution in [0.4, 0.5) is 0 Å². The van der Waals surface area contributed by atoms with E-state index in [0.717, 1.165) is 18.1 Å². The van der Waals surface area contributed by atoms with Gasteiger partial charge in [-0.15, -0.1) is 30.4 Å². The minimum atomic E-state index is 0. The lowest BCUT2D eigenvalue weighted by atomic mass is 10.2. The lowest BCUT2D eigenvalue weighted by Gasteiger charge is -2.16. The van der Waals surface area contributed by atoms with Crippen LogP contribution >= 0.6 is 24.0 Å². The predicted molar refractivity (Wildman–Crippen MR) is 113 cm³/mol. The fourth-order valence-corrected chi connectivity index (χ4v) is 2.81. The normalized spacial score (nSPS) is 14.4.